The van der Waals surface area contributed by atoms with E-state index in [9.17, 15) is 9.59 Å². The monoisotopic (exact) mass is 300 g/mol. The van der Waals surface area contributed by atoms with Gasteiger partial charge in [-0.25, -0.2) is 0 Å². The van der Waals surface area contributed by atoms with Crippen molar-refractivity contribution in [3.63, 3.8) is 0 Å². The standard InChI is InChI=1S/C16H28O5/c1-20-15(18)11-9-7-5-3-2-4-6-8-10-14-13(12-17)16(19)21-14/h13-14,17H,2-12H2,1H3/t13-,14-/m1/s1. The minimum Gasteiger partial charge on any atom is -0.469 e. The molecule has 1 aliphatic rings. The van der Waals surface area contributed by atoms with Crippen LogP contribution in [0.15, 0.2) is 0 Å². The molecule has 0 bridgehead atoms. The number of aliphatic hydroxyl groups is 1. The predicted octanol–water partition coefficient (Wildman–Crippen LogP) is 2.59. The van der Waals surface area contributed by atoms with Crippen molar-refractivity contribution in [3.8, 4) is 0 Å². The molecule has 1 heterocycles. The molecule has 0 spiro atoms. The Balaban J connectivity index is 1.81. The van der Waals surface area contributed by atoms with E-state index in [0.29, 0.717) is 6.42 Å². The van der Waals surface area contributed by atoms with Crippen LogP contribution in [-0.4, -0.2) is 36.9 Å². The molecule has 0 aromatic carbocycles. The summed E-state index contributed by atoms with van der Waals surface area (Å²) < 4.78 is 9.60. The number of unbranched alkanes of at least 4 members (excludes halogenated alkanes) is 7. The van der Waals surface area contributed by atoms with Gasteiger partial charge in [0, 0.05) is 6.42 Å². The van der Waals surface area contributed by atoms with Crippen LogP contribution in [0.4, 0.5) is 0 Å². The van der Waals surface area contributed by atoms with Crippen molar-refractivity contribution in [3.05, 3.63) is 0 Å². The fraction of sp³-hybridized carbons (Fsp3) is 0.875. The maximum Gasteiger partial charge on any atom is 0.315 e. The fourth-order valence-corrected chi connectivity index (χ4v) is 2.63. The highest BCUT2D eigenvalue weighted by atomic mass is 16.6. The van der Waals surface area contributed by atoms with E-state index in [1.165, 1.54) is 32.8 Å². The number of hydrogen-bond donors (Lipinski definition) is 1. The summed E-state index contributed by atoms with van der Waals surface area (Å²) in [5.74, 6) is -0.651. The second kappa shape index (κ2) is 10.6. The molecule has 1 saturated heterocycles. The molecule has 1 fully saturated rings. The third-order valence-electron chi connectivity index (χ3n) is 4.06. The van der Waals surface area contributed by atoms with Gasteiger partial charge in [0.15, 0.2) is 0 Å². The number of carbonyl (C=O) groups is 2. The maximum atomic E-state index is 11.0. The molecule has 122 valence electrons. The highest BCUT2D eigenvalue weighted by molar-refractivity contribution is 5.78. The van der Waals surface area contributed by atoms with Crippen LogP contribution in [0.25, 0.3) is 0 Å². The van der Waals surface area contributed by atoms with Gasteiger partial charge in [0.25, 0.3) is 0 Å². The zero-order valence-corrected chi connectivity index (χ0v) is 13.0. The topological polar surface area (TPSA) is 72.8 Å². The van der Waals surface area contributed by atoms with Crippen molar-refractivity contribution < 1.29 is 24.2 Å². The van der Waals surface area contributed by atoms with Gasteiger partial charge >= 0.3 is 11.9 Å². The molecule has 0 unspecified atom stereocenters. The average Bonchev–Trinajstić information content (AvgIpc) is 2.47. The third-order valence-corrected chi connectivity index (χ3v) is 4.06. The second-order valence-electron chi connectivity index (χ2n) is 5.71. The molecule has 0 saturated carbocycles. The summed E-state index contributed by atoms with van der Waals surface area (Å²) in [4.78, 5) is 21.9. The summed E-state index contributed by atoms with van der Waals surface area (Å²) in [5.41, 5.74) is 0. The quantitative estimate of drug-likeness (QED) is 0.443. The number of methoxy groups -OCH3 is 1. The number of hydrogen-bond acceptors (Lipinski definition) is 5. The van der Waals surface area contributed by atoms with E-state index in [2.05, 4.69) is 4.74 Å². The predicted molar refractivity (Wildman–Crippen MR) is 78.6 cm³/mol. The highest BCUT2D eigenvalue weighted by Gasteiger charge is 2.40. The van der Waals surface area contributed by atoms with Gasteiger partial charge in [0.2, 0.25) is 0 Å². The zero-order chi connectivity index (χ0) is 15.5. The van der Waals surface area contributed by atoms with Crippen molar-refractivity contribution in [1.82, 2.24) is 0 Å². The lowest BCUT2D eigenvalue weighted by Gasteiger charge is -2.33. The first kappa shape index (κ1) is 18.0. The summed E-state index contributed by atoms with van der Waals surface area (Å²) in [5, 5.41) is 8.99. The van der Waals surface area contributed by atoms with E-state index in [-0.39, 0.29) is 30.6 Å². The van der Waals surface area contributed by atoms with Crippen LogP contribution < -0.4 is 0 Å². The van der Waals surface area contributed by atoms with E-state index in [0.717, 1.165) is 32.1 Å². The van der Waals surface area contributed by atoms with E-state index in [4.69, 9.17) is 9.84 Å². The summed E-state index contributed by atoms with van der Waals surface area (Å²) in [6.45, 7) is -0.0882. The van der Waals surface area contributed by atoms with Crippen molar-refractivity contribution in [2.45, 2.75) is 70.3 Å². The van der Waals surface area contributed by atoms with Gasteiger partial charge in [0.05, 0.1) is 13.7 Å². The van der Waals surface area contributed by atoms with Gasteiger partial charge in [0.1, 0.15) is 12.0 Å². The molecule has 0 aromatic heterocycles. The average molecular weight is 300 g/mol. The minimum atomic E-state index is -0.278. The first-order valence-corrected chi connectivity index (χ1v) is 8.07. The number of rotatable bonds is 12. The van der Waals surface area contributed by atoms with Crippen LogP contribution >= 0.6 is 0 Å². The molecule has 5 heteroatoms. The fourth-order valence-electron chi connectivity index (χ4n) is 2.63. The van der Waals surface area contributed by atoms with E-state index in [1.807, 2.05) is 0 Å². The molecule has 2 atom stereocenters. The number of carbonyl (C=O) groups excluding carboxylic acids is 2. The number of ether oxygens (including phenoxy) is 2. The first-order chi connectivity index (χ1) is 10.2. The molecule has 1 rings (SSSR count). The van der Waals surface area contributed by atoms with Gasteiger partial charge in [-0.2, -0.15) is 0 Å². The van der Waals surface area contributed by atoms with Crippen LogP contribution in [0.1, 0.15) is 64.2 Å². The molecule has 21 heavy (non-hydrogen) atoms. The van der Waals surface area contributed by atoms with E-state index in [1.54, 1.807) is 0 Å². The Morgan fingerprint density at radius 3 is 2.19 bits per heavy atom. The second-order valence-corrected chi connectivity index (χ2v) is 5.71. The van der Waals surface area contributed by atoms with Crippen LogP contribution in [-0.2, 0) is 19.1 Å². The molecule has 1 N–H and O–H groups in total. The molecule has 0 aromatic rings. The number of esters is 2. The largest absolute Gasteiger partial charge is 0.469 e. The smallest absolute Gasteiger partial charge is 0.315 e. The van der Waals surface area contributed by atoms with Gasteiger partial charge in [-0.05, 0) is 19.3 Å². The summed E-state index contributed by atoms with van der Waals surface area (Å²) >= 11 is 0. The summed E-state index contributed by atoms with van der Waals surface area (Å²) in [7, 11) is 1.43. The van der Waals surface area contributed by atoms with Gasteiger partial charge < -0.3 is 14.6 Å². The lowest BCUT2D eigenvalue weighted by atomic mass is 9.93. The highest BCUT2D eigenvalue weighted by Crippen LogP contribution is 2.26. The van der Waals surface area contributed by atoms with Crippen molar-refractivity contribution in [2.24, 2.45) is 5.92 Å². The van der Waals surface area contributed by atoms with Crippen LogP contribution in [0.2, 0.25) is 0 Å². The first-order valence-electron chi connectivity index (χ1n) is 8.07. The third kappa shape index (κ3) is 6.93. The Labute approximate surface area is 127 Å². The Kier molecular flexibility index (Phi) is 9.06. The SMILES string of the molecule is COC(=O)CCCCCCCCCC[C@H]1OC(=O)[C@@H]1CO. The molecule has 1 aliphatic heterocycles. The van der Waals surface area contributed by atoms with Crippen molar-refractivity contribution in [1.29, 1.82) is 0 Å². The van der Waals surface area contributed by atoms with Crippen molar-refractivity contribution in [2.75, 3.05) is 13.7 Å². The van der Waals surface area contributed by atoms with Gasteiger partial charge in [-0.15, -0.1) is 0 Å². The molecule has 5 nitrogen and oxygen atoms in total. The number of cyclic esters (lactones) is 1. The van der Waals surface area contributed by atoms with Crippen LogP contribution in [0, 0.1) is 5.92 Å². The Bertz CT molecular complexity index is 316. The zero-order valence-electron chi connectivity index (χ0n) is 13.0. The Hall–Kier alpha value is -1.10. The number of aliphatic hydroxyl groups excluding tert-OH is 1. The lowest BCUT2D eigenvalue weighted by Crippen LogP contribution is -2.47. The molecule has 0 amide bonds. The Morgan fingerprint density at radius 2 is 1.67 bits per heavy atom. The molecular weight excluding hydrogens is 272 g/mol. The summed E-state index contributed by atoms with van der Waals surface area (Å²) in [6, 6.07) is 0. The van der Waals surface area contributed by atoms with Gasteiger partial charge in [-0.3, -0.25) is 9.59 Å². The molecule has 0 radical (unpaired) electrons. The normalized spacial score (nSPS) is 20.8. The molecule has 0 aliphatic carbocycles. The summed E-state index contributed by atoms with van der Waals surface area (Å²) in [6.07, 6.45) is 10.3. The minimum absolute atomic E-state index is 0.0548. The molecular formula is C16H28O5. The van der Waals surface area contributed by atoms with Crippen LogP contribution in [0.5, 0.6) is 0 Å². The van der Waals surface area contributed by atoms with E-state index < -0.39 is 0 Å². The maximum absolute atomic E-state index is 11.0. The Morgan fingerprint density at radius 1 is 1.10 bits per heavy atom. The van der Waals surface area contributed by atoms with E-state index >= 15 is 0 Å². The van der Waals surface area contributed by atoms with Crippen molar-refractivity contribution >= 4 is 11.9 Å². The lowest BCUT2D eigenvalue weighted by molar-refractivity contribution is -0.189. The van der Waals surface area contributed by atoms with Gasteiger partial charge in [-0.1, -0.05) is 38.5 Å². The van der Waals surface area contributed by atoms with Crippen LogP contribution in [0.3, 0.4) is 0 Å².